The van der Waals surface area contributed by atoms with Crippen LogP contribution in [0.1, 0.15) is 36.8 Å². The predicted molar refractivity (Wildman–Crippen MR) is 117 cm³/mol. The van der Waals surface area contributed by atoms with Gasteiger partial charge in [-0.1, -0.05) is 44.2 Å². The van der Waals surface area contributed by atoms with Crippen molar-refractivity contribution in [3.63, 3.8) is 0 Å². The van der Waals surface area contributed by atoms with E-state index >= 15 is 0 Å². The second-order valence-corrected chi connectivity index (χ2v) is 8.49. The molecular weight excluding hydrogens is 386 g/mol. The van der Waals surface area contributed by atoms with Crippen molar-refractivity contribution in [1.82, 2.24) is 4.57 Å². The van der Waals surface area contributed by atoms with Crippen LogP contribution in [0.2, 0.25) is 0 Å². The lowest BCUT2D eigenvalue weighted by Gasteiger charge is -2.09. The average molecular weight is 414 g/mol. The van der Waals surface area contributed by atoms with Crippen LogP contribution in [-0.2, 0) is 23.1 Å². The number of benzene rings is 2. The third kappa shape index (κ3) is 5.14. The fraction of sp³-hybridized carbons (Fsp3) is 0.348. The zero-order valence-corrected chi connectivity index (χ0v) is 18.1. The number of hydrogen-bond donors (Lipinski definition) is 0. The summed E-state index contributed by atoms with van der Waals surface area (Å²) in [5.74, 6) is 0.403. The fourth-order valence-corrected chi connectivity index (χ4v) is 4.20. The number of fused-ring (bicyclic) bond motifs is 1. The Morgan fingerprint density at radius 3 is 2.59 bits per heavy atom. The van der Waals surface area contributed by atoms with Crippen LogP contribution >= 0.6 is 11.8 Å². The van der Waals surface area contributed by atoms with Gasteiger partial charge >= 0.3 is 5.97 Å². The van der Waals surface area contributed by atoms with Crippen molar-refractivity contribution in [2.24, 2.45) is 7.05 Å². The van der Waals surface area contributed by atoms with E-state index in [0.29, 0.717) is 29.9 Å². The van der Waals surface area contributed by atoms with Crippen molar-refractivity contribution >= 4 is 28.6 Å². The van der Waals surface area contributed by atoms with E-state index in [9.17, 15) is 4.79 Å². The molecule has 154 valence electrons. The maximum Gasteiger partial charge on any atom is 0.356 e. The number of nitrogens with zero attached hydrogens (tertiary/aromatic N) is 1. The topological polar surface area (TPSA) is 49.7 Å². The zero-order valence-electron chi connectivity index (χ0n) is 17.3. The Balaban J connectivity index is 1.80. The molecule has 0 aliphatic heterocycles. The summed E-state index contributed by atoms with van der Waals surface area (Å²) in [5, 5.41) is 1.31. The number of thioether (sulfide) groups is 1. The van der Waals surface area contributed by atoms with E-state index in [2.05, 4.69) is 13.8 Å². The molecule has 6 heteroatoms. The number of ether oxygens (including phenoxy) is 3. The van der Waals surface area contributed by atoms with E-state index in [1.807, 2.05) is 67.1 Å². The molecule has 0 amide bonds. The Bertz CT molecular complexity index is 966. The highest BCUT2D eigenvalue weighted by molar-refractivity contribution is 8.00. The van der Waals surface area contributed by atoms with Crippen molar-refractivity contribution in [2.75, 3.05) is 13.4 Å². The Hall–Kier alpha value is -2.44. The molecular formula is C23H27NO4S. The van der Waals surface area contributed by atoms with E-state index in [1.165, 1.54) is 0 Å². The summed E-state index contributed by atoms with van der Waals surface area (Å²) in [7, 11) is 1.89. The third-order valence-electron chi connectivity index (χ3n) is 4.37. The molecule has 0 N–H and O–H groups in total. The first-order chi connectivity index (χ1) is 14.0. The van der Waals surface area contributed by atoms with Crippen LogP contribution in [-0.4, -0.2) is 29.2 Å². The van der Waals surface area contributed by atoms with Crippen molar-refractivity contribution in [3.05, 3.63) is 59.8 Å². The van der Waals surface area contributed by atoms with Crippen LogP contribution in [0.4, 0.5) is 0 Å². The largest absolute Gasteiger partial charge is 0.468 e. The SMILES string of the molecule is CCOC(=O)c1c(SC(C)C)c2cc(OCOCc3ccccc3)ccc2n1C. The molecule has 2 aromatic carbocycles. The number of carbonyl (C=O) groups excluding carboxylic acids is 1. The number of rotatable bonds is 9. The molecule has 1 heterocycles. The highest BCUT2D eigenvalue weighted by Gasteiger charge is 2.23. The monoisotopic (exact) mass is 413 g/mol. The van der Waals surface area contributed by atoms with Crippen molar-refractivity contribution < 1.29 is 19.0 Å². The summed E-state index contributed by atoms with van der Waals surface area (Å²) in [6.07, 6.45) is 0. The first-order valence-electron chi connectivity index (χ1n) is 9.72. The molecule has 0 aliphatic rings. The Kier molecular flexibility index (Phi) is 7.23. The summed E-state index contributed by atoms with van der Waals surface area (Å²) in [6.45, 7) is 7.03. The van der Waals surface area contributed by atoms with Gasteiger partial charge in [0.1, 0.15) is 11.4 Å². The van der Waals surface area contributed by atoms with Gasteiger partial charge < -0.3 is 18.8 Å². The smallest absolute Gasteiger partial charge is 0.356 e. The van der Waals surface area contributed by atoms with Crippen molar-refractivity contribution in [3.8, 4) is 5.75 Å². The zero-order chi connectivity index (χ0) is 20.8. The molecule has 5 nitrogen and oxygen atoms in total. The lowest BCUT2D eigenvalue weighted by Crippen LogP contribution is -2.11. The molecule has 0 aliphatic carbocycles. The summed E-state index contributed by atoms with van der Waals surface area (Å²) >= 11 is 1.66. The van der Waals surface area contributed by atoms with Crippen LogP contribution in [0.5, 0.6) is 5.75 Å². The van der Waals surface area contributed by atoms with Gasteiger partial charge in [-0.25, -0.2) is 4.79 Å². The van der Waals surface area contributed by atoms with E-state index in [4.69, 9.17) is 14.2 Å². The minimum absolute atomic E-state index is 0.157. The second kappa shape index (κ2) is 9.85. The van der Waals surface area contributed by atoms with Crippen molar-refractivity contribution in [1.29, 1.82) is 0 Å². The molecule has 0 bridgehead atoms. The lowest BCUT2D eigenvalue weighted by atomic mass is 10.2. The van der Waals surface area contributed by atoms with Gasteiger partial charge in [-0.3, -0.25) is 0 Å². The van der Waals surface area contributed by atoms with Gasteiger partial charge in [0.25, 0.3) is 0 Å². The van der Waals surface area contributed by atoms with E-state index < -0.39 is 0 Å². The van der Waals surface area contributed by atoms with Gasteiger partial charge in [-0.15, -0.1) is 11.8 Å². The standard InChI is InChI=1S/C23H27NO4S/c1-5-27-23(25)21-22(29-16(2)3)19-13-18(11-12-20(19)24(21)4)28-15-26-14-17-9-7-6-8-10-17/h6-13,16H,5,14-15H2,1-4H3. The number of aromatic nitrogens is 1. The molecule has 0 saturated carbocycles. The lowest BCUT2D eigenvalue weighted by molar-refractivity contribution is 0.00511. The van der Waals surface area contributed by atoms with Crippen LogP contribution in [0.3, 0.4) is 0 Å². The Labute approximate surface area is 175 Å². The van der Waals surface area contributed by atoms with E-state index in [-0.39, 0.29) is 12.8 Å². The van der Waals surface area contributed by atoms with Crippen molar-refractivity contribution in [2.45, 2.75) is 37.5 Å². The molecule has 1 aromatic heterocycles. The molecule has 3 rings (SSSR count). The number of aryl methyl sites for hydroxylation is 1. The normalized spacial score (nSPS) is 11.2. The highest BCUT2D eigenvalue weighted by Crippen LogP contribution is 2.38. The van der Waals surface area contributed by atoms with Gasteiger partial charge in [0.15, 0.2) is 6.79 Å². The number of carbonyl (C=O) groups is 1. The minimum atomic E-state index is -0.303. The Morgan fingerprint density at radius 1 is 1.14 bits per heavy atom. The highest BCUT2D eigenvalue weighted by atomic mass is 32.2. The molecule has 0 fully saturated rings. The van der Waals surface area contributed by atoms with Crippen LogP contribution in [0.25, 0.3) is 10.9 Å². The maximum absolute atomic E-state index is 12.6. The molecule has 0 radical (unpaired) electrons. The van der Waals surface area contributed by atoms with Gasteiger partial charge in [0.2, 0.25) is 0 Å². The predicted octanol–water partition coefficient (Wildman–Crippen LogP) is 5.41. The Morgan fingerprint density at radius 2 is 1.90 bits per heavy atom. The summed E-state index contributed by atoms with van der Waals surface area (Å²) in [4.78, 5) is 13.5. The van der Waals surface area contributed by atoms with Crippen LogP contribution in [0.15, 0.2) is 53.4 Å². The summed E-state index contributed by atoms with van der Waals surface area (Å²) in [5.41, 5.74) is 2.65. The molecule has 29 heavy (non-hydrogen) atoms. The summed E-state index contributed by atoms with van der Waals surface area (Å²) in [6, 6.07) is 15.8. The maximum atomic E-state index is 12.6. The van der Waals surface area contributed by atoms with Gasteiger partial charge in [-0.05, 0) is 30.7 Å². The van der Waals surface area contributed by atoms with E-state index in [1.54, 1.807) is 11.8 Å². The van der Waals surface area contributed by atoms with Crippen LogP contribution in [0, 0.1) is 0 Å². The molecule has 0 unspecified atom stereocenters. The first-order valence-corrected chi connectivity index (χ1v) is 10.6. The molecule has 0 spiro atoms. The summed E-state index contributed by atoms with van der Waals surface area (Å²) < 4.78 is 18.6. The van der Waals surface area contributed by atoms with Gasteiger partial charge in [0.05, 0.1) is 13.2 Å². The number of esters is 1. The fourth-order valence-electron chi connectivity index (χ4n) is 3.11. The molecule has 3 aromatic rings. The van der Waals surface area contributed by atoms with Gasteiger partial charge in [0, 0.05) is 28.1 Å². The van der Waals surface area contributed by atoms with E-state index in [0.717, 1.165) is 21.4 Å². The average Bonchev–Trinajstić information content (AvgIpc) is 2.97. The van der Waals surface area contributed by atoms with Crippen LogP contribution < -0.4 is 4.74 Å². The minimum Gasteiger partial charge on any atom is -0.468 e. The number of hydrogen-bond acceptors (Lipinski definition) is 5. The quantitative estimate of drug-likeness (QED) is 0.203. The first kappa shape index (κ1) is 21.3. The molecule has 0 atom stereocenters. The van der Waals surface area contributed by atoms with Gasteiger partial charge in [-0.2, -0.15) is 0 Å². The third-order valence-corrected chi connectivity index (χ3v) is 5.49. The second-order valence-electron chi connectivity index (χ2n) is 6.90. The molecule has 0 saturated heterocycles.